The summed E-state index contributed by atoms with van der Waals surface area (Å²) in [4.78, 5) is 16.6. The molecule has 1 aromatic heterocycles. The summed E-state index contributed by atoms with van der Waals surface area (Å²) >= 11 is 0. The summed E-state index contributed by atoms with van der Waals surface area (Å²) in [6.45, 7) is 2.22. The molecule has 0 bridgehead atoms. The zero-order chi connectivity index (χ0) is 15.1. The van der Waals surface area contributed by atoms with Crippen molar-refractivity contribution in [3.63, 3.8) is 0 Å². The van der Waals surface area contributed by atoms with Gasteiger partial charge in [0.05, 0.1) is 18.2 Å². The number of fused-ring (bicyclic) bond motifs is 1. The van der Waals surface area contributed by atoms with Crippen LogP contribution in [0.4, 0.5) is 0 Å². The van der Waals surface area contributed by atoms with Gasteiger partial charge >= 0.3 is 5.97 Å². The molecule has 2 aromatic rings. The summed E-state index contributed by atoms with van der Waals surface area (Å²) in [5, 5.41) is 0.860. The minimum atomic E-state index is -0.291. The van der Waals surface area contributed by atoms with Crippen LogP contribution in [0.2, 0.25) is 0 Å². The number of nitrogens with zero attached hydrogens (tertiary/aromatic N) is 1. The highest BCUT2D eigenvalue weighted by molar-refractivity contribution is 6.03. The molecular weight excluding hydrogens is 262 g/mol. The Kier molecular flexibility index (Phi) is 5.73. The quantitative estimate of drug-likeness (QED) is 0.554. The predicted molar refractivity (Wildman–Crippen MR) is 85.5 cm³/mol. The van der Waals surface area contributed by atoms with Gasteiger partial charge in [0.2, 0.25) is 0 Å². The fraction of sp³-hybridized carbons (Fsp3) is 0.444. The maximum atomic E-state index is 11.9. The van der Waals surface area contributed by atoms with Crippen LogP contribution in [0.25, 0.3) is 10.9 Å². The molecule has 0 saturated heterocycles. The maximum Gasteiger partial charge on any atom is 0.338 e. The average Bonchev–Trinajstić information content (AvgIpc) is 2.53. The van der Waals surface area contributed by atoms with Crippen molar-refractivity contribution in [1.82, 2.24) is 4.98 Å². The third-order valence-corrected chi connectivity index (χ3v) is 3.71. The van der Waals surface area contributed by atoms with E-state index in [-0.39, 0.29) is 5.97 Å². The third-order valence-electron chi connectivity index (χ3n) is 3.71. The predicted octanol–water partition coefficient (Wildman–Crippen LogP) is 4.53. The minimum absolute atomic E-state index is 0.291. The largest absolute Gasteiger partial charge is 0.465 e. The number of aryl methyl sites for hydroxylation is 1. The maximum absolute atomic E-state index is 11.9. The van der Waals surface area contributed by atoms with Crippen molar-refractivity contribution in [2.45, 2.75) is 45.4 Å². The van der Waals surface area contributed by atoms with E-state index >= 15 is 0 Å². The van der Waals surface area contributed by atoms with Crippen molar-refractivity contribution in [2.75, 3.05) is 7.11 Å². The number of methoxy groups -OCH3 is 1. The van der Waals surface area contributed by atoms with E-state index in [0.717, 1.165) is 29.4 Å². The highest BCUT2D eigenvalue weighted by Crippen LogP contribution is 2.20. The summed E-state index contributed by atoms with van der Waals surface area (Å²) < 4.78 is 4.89. The Labute approximate surface area is 126 Å². The molecule has 0 atom stereocenters. The van der Waals surface area contributed by atoms with Crippen molar-refractivity contribution in [3.8, 4) is 0 Å². The molecule has 0 fully saturated rings. The number of aromatic nitrogens is 1. The second-order valence-corrected chi connectivity index (χ2v) is 5.33. The second kappa shape index (κ2) is 7.77. The summed E-state index contributed by atoms with van der Waals surface area (Å²) in [7, 11) is 1.42. The molecule has 2 rings (SSSR count). The molecule has 0 aliphatic carbocycles. The fourth-order valence-corrected chi connectivity index (χ4v) is 2.55. The van der Waals surface area contributed by atoms with Crippen molar-refractivity contribution in [3.05, 3.63) is 41.6 Å². The van der Waals surface area contributed by atoms with E-state index in [9.17, 15) is 4.79 Å². The van der Waals surface area contributed by atoms with Gasteiger partial charge in [0, 0.05) is 11.1 Å². The number of hydrogen-bond donors (Lipinski definition) is 0. The molecule has 21 heavy (non-hydrogen) atoms. The lowest BCUT2D eigenvalue weighted by molar-refractivity contribution is 0.0603. The first-order valence-corrected chi connectivity index (χ1v) is 7.73. The van der Waals surface area contributed by atoms with Gasteiger partial charge in [-0.1, -0.05) is 50.8 Å². The second-order valence-electron chi connectivity index (χ2n) is 5.33. The van der Waals surface area contributed by atoms with Crippen LogP contribution in [-0.4, -0.2) is 18.1 Å². The summed E-state index contributed by atoms with van der Waals surface area (Å²) in [5.74, 6) is -0.291. The Morgan fingerprint density at radius 2 is 1.90 bits per heavy atom. The highest BCUT2D eigenvalue weighted by Gasteiger charge is 2.12. The first kappa shape index (κ1) is 15.5. The zero-order valence-electron chi connectivity index (χ0n) is 12.9. The van der Waals surface area contributed by atoms with Crippen molar-refractivity contribution in [1.29, 1.82) is 0 Å². The van der Waals surface area contributed by atoms with Crippen LogP contribution >= 0.6 is 0 Å². The molecule has 3 heteroatoms. The molecule has 112 valence electrons. The van der Waals surface area contributed by atoms with Crippen molar-refractivity contribution >= 4 is 16.9 Å². The molecule has 0 radical (unpaired) electrons. The van der Waals surface area contributed by atoms with Crippen LogP contribution in [0.1, 0.15) is 55.1 Å². The number of benzene rings is 1. The Balaban J connectivity index is 2.18. The topological polar surface area (TPSA) is 39.2 Å². The van der Waals surface area contributed by atoms with Gasteiger partial charge in [0.15, 0.2) is 0 Å². The van der Waals surface area contributed by atoms with Crippen LogP contribution < -0.4 is 0 Å². The molecule has 0 N–H and O–H groups in total. The van der Waals surface area contributed by atoms with Gasteiger partial charge in [0.25, 0.3) is 0 Å². The molecule has 0 unspecified atom stereocenters. The molecule has 3 nitrogen and oxygen atoms in total. The molecular formula is C18H23NO2. The number of esters is 1. The molecule has 1 heterocycles. The van der Waals surface area contributed by atoms with E-state index in [0.29, 0.717) is 5.56 Å². The van der Waals surface area contributed by atoms with E-state index in [1.54, 1.807) is 0 Å². The lowest BCUT2D eigenvalue weighted by Crippen LogP contribution is -2.05. The van der Waals surface area contributed by atoms with E-state index in [4.69, 9.17) is 4.74 Å². The number of unbranched alkanes of at least 4 members (excludes halogenated alkanes) is 4. The van der Waals surface area contributed by atoms with Crippen LogP contribution in [0.15, 0.2) is 30.3 Å². The number of para-hydroxylation sites is 1. The first-order valence-electron chi connectivity index (χ1n) is 7.73. The summed E-state index contributed by atoms with van der Waals surface area (Å²) in [6, 6.07) is 9.61. The Morgan fingerprint density at radius 1 is 1.14 bits per heavy atom. The lowest BCUT2D eigenvalue weighted by atomic mass is 10.0. The minimum Gasteiger partial charge on any atom is -0.465 e. The third kappa shape index (κ3) is 4.03. The van der Waals surface area contributed by atoms with Gasteiger partial charge in [-0.05, 0) is 25.0 Å². The van der Waals surface area contributed by atoms with Crippen molar-refractivity contribution in [2.24, 2.45) is 0 Å². The smallest absolute Gasteiger partial charge is 0.338 e. The molecule has 0 saturated carbocycles. The number of carbonyl (C=O) groups is 1. The highest BCUT2D eigenvalue weighted by atomic mass is 16.5. The van der Waals surface area contributed by atoms with Gasteiger partial charge in [0.1, 0.15) is 0 Å². The molecule has 0 spiro atoms. The normalized spacial score (nSPS) is 10.8. The zero-order valence-corrected chi connectivity index (χ0v) is 12.9. The van der Waals surface area contributed by atoms with Gasteiger partial charge in [-0.15, -0.1) is 0 Å². The Bertz CT molecular complexity index is 607. The van der Waals surface area contributed by atoms with Gasteiger partial charge in [-0.3, -0.25) is 4.98 Å². The van der Waals surface area contributed by atoms with Gasteiger partial charge < -0.3 is 4.74 Å². The standard InChI is InChI=1S/C18H23NO2/c1-3-4-5-6-7-10-14-13-16(18(20)21-2)15-11-8-9-12-17(15)19-14/h8-9,11-13H,3-7,10H2,1-2H3. The van der Waals surface area contributed by atoms with Crippen LogP contribution in [0.5, 0.6) is 0 Å². The molecule has 0 amide bonds. The molecule has 0 aliphatic heterocycles. The summed E-state index contributed by atoms with van der Waals surface area (Å²) in [5.41, 5.74) is 2.46. The van der Waals surface area contributed by atoms with E-state index in [1.165, 1.54) is 32.8 Å². The summed E-state index contributed by atoms with van der Waals surface area (Å²) in [6.07, 6.45) is 7.06. The average molecular weight is 285 g/mol. The lowest BCUT2D eigenvalue weighted by Gasteiger charge is -2.08. The van der Waals surface area contributed by atoms with Gasteiger partial charge in [-0.2, -0.15) is 0 Å². The van der Waals surface area contributed by atoms with Gasteiger partial charge in [-0.25, -0.2) is 4.79 Å². The number of ether oxygens (including phenoxy) is 1. The number of hydrogen-bond acceptors (Lipinski definition) is 3. The molecule has 1 aromatic carbocycles. The molecule has 0 aliphatic rings. The van der Waals surface area contributed by atoms with Crippen LogP contribution in [0.3, 0.4) is 0 Å². The van der Waals surface area contributed by atoms with E-state index < -0.39 is 0 Å². The Hall–Kier alpha value is -1.90. The monoisotopic (exact) mass is 285 g/mol. The number of carbonyl (C=O) groups excluding carboxylic acids is 1. The van der Waals surface area contributed by atoms with Crippen molar-refractivity contribution < 1.29 is 9.53 Å². The number of rotatable bonds is 7. The first-order chi connectivity index (χ1) is 10.3. The Morgan fingerprint density at radius 3 is 2.67 bits per heavy atom. The fourth-order valence-electron chi connectivity index (χ4n) is 2.55. The van der Waals surface area contributed by atoms with E-state index in [2.05, 4.69) is 11.9 Å². The van der Waals surface area contributed by atoms with Crippen LogP contribution in [0, 0.1) is 0 Å². The van der Waals surface area contributed by atoms with Crippen LogP contribution in [-0.2, 0) is 11.2 Å². The van der Waals surface area contributed by atoms with E-state index in [1.807, 2.05) is 30.3 Å². The SMILES string of the molecule is CCCCCCCc1cc(C(=O)OC)c2ccccc2n1. The number of pyridine rings is 1.